The van der Waals surface area contributed by atoms with E-state index in [1.165, 1.54) is 19.4 Å². The molecule has 1 aromatic heterocycles. The monoisotopic (exact) mass is 316 g/mol. The molecule has 2 rings (SSSR count). The first-order chi connectivity index (χ1) is 8.48. The van der Waals surface area contributed by atoms with Crippen molar-refractivity contribution in [2.24, 2.45) is 0 Å². The van der Waals surface area contributed by atoms with Crippen molar-refractivity contribution >= 4 is 27.6 Å². The molecular weight excluding hydrogens is 308 g/mol. The summed E-state index contributed by atoms with van der Waals surface area (Å²) in [4.78, 5) is 25.6. The van der Waals surface area contributed by atoms with Gasteiger partial charge in [0.05, 0.1) is 12.0 Å². The van der Waals surface area contributed by atoms with Gasteiger partial charge in [-0.2, -0.15) is 0 Å². The van der Waals surface area contributed by atoms with Crippen LogP contribution in [0.2, 0.25) is 0 Å². The standard InChI is InChI=1S/C10H9BrN2O5/c1-17-9(14)10(2-3-10)18-8-7(13(15)16)4-6(11)5-12-8/h4-5H,2-3H2,1H3. The minimum absolute atomic E-state index is 0.175. The second-order valence-electron chi connectivity index (χ2n) is 3.82. The maximum absolute atomic E-state index is 11.5. The van der Waals surface area contributed by atoms with Crippen LogP contribution in [0, 0.1) is 10.1 Å². The number of carbonyl (C=O) groups excluding carboxylic acids is 1. The number of carbonyl (C=O) groups is 1. The summed E-state index contributed by atoms with van der Waals surface area (Å²) in [6.45, 7) is 0. The molecule has 0 atom stereocenters. The molecular formula is C10H9BrN2O5. The second kappa shape index (κ2) is 4.52. The normalized spacial score (nSPS) is 15.9. The lowest BCUT2D eigenvalue weighted by Crippen LogP contribution is -2.31. The fourth-order valence-corrected chi connectivity index (χ4v) is 1.78. The Labute approximate surface area is 110 Å². The molecule has 18 heavy (non-hydrogen) atoms. The molecule has 96 valence electrons. The molecule has 7 nitrogen and oxygen atoms in total. The van der Waals surface area contributed by atoms with Crippen molar-refractivity contribution in [1.29, 1.82) is 0 Å². The number of hydrogen-bond acceptors (Lipinski definition) is 6. The summed E-state index contributed by atoms with van der Waals surface area (Å²) >= 11 is 3.09. The molecule has 0 saturated heterocycles. The van der Waals surface area contributed by atoms with Crippen LogP contribution in [-0.4, -0.2) is 28.6 Å². The van der Waals surface area contributed by atoms with Gasteiger partial charge in [0.2, 0.25) is 5.60 Å². The topological polar surface area (TPSA) is 91.6 Å². The number of pyridine rings is 1. The Hall–Kier alpha value is -1.70. The van der Waals surface area contributed by atoms with Crippen LogP contribution >= 0.6 is 15.9 Å². The fourth-order valence-electron chi connectivity index (χ4n) is 1.46. The number of methoxy groups -OCH3 is 1. The highest BCUT2D eigenvalue weighted by molar-refractivity contribution is 9.10. The van der Waals surface area contributed by atoms with Crippen molar-refractivity contribution in [3.05, 3.63) is 26.9 Å². The van der Waals surface area contributed by atoms with Gasteiger partial charge in [-0.3, -0.25) is 10.1 Å². The summed E-state index contributed by atoms with van der Waals surface area (Å²) < 4.78 is 10.4. The van der Waals surface area contributed by atoms with Crippen molar-refractivity contribution in [1.82, 2.24) is 4.98 Å². The Kier molecular flexibility index (Phi) is 3.20. The van der Waals surface area contributed by atoms with Crippen LogP contribution in [0.5, 0.6) is 5.88 Å². The molecule has 1 aromatic rings. The van der Waals surface area contributed by atoms with E-state index in [1.54, 1.807) is 0 Å². The Morgan fingerprint density at radius 1 is 1.61 bits per heavy atom. The zero-order valence-electron chi connectivity index (χ0n) is 9.38. The van der Waals surface area contributed by atoms with E-state index in [1.807, 2.05) is 0 Å². The molecule has 0 unspecified atom stereocenters. The highest BCUT2D eigenvalue weighted by Crippen LogP contribution is 2.43. The van der Waals surface area contributed by atoms with Gasteiger partial charge in [0.15, 0.2) is 0 Å². The summed E-state index contributed by atoms with van der Waals surface area (Å²) in [5.41, 5.74) is -1.40. The highest BCUT2D eigenvalue weighted by atomic mass is 79.9. The number of rotatable bonds is 4. The first-order valence-corrected chi connectivity index (χ1v) is 5.85. The Morgan fingerprint density at radius 2 is 2.28 bits per heavy atom. The van der Waals surface area contributed by atoms with Gasteiger partial charge in [0, 0.05) is 29.6 Å². The number of ether oxygens (including phenoxy) is 2. The van der Waals surface area contributed by atoms with Gasteiger partial charge in [-0.05, 0) is 15.9 Å². The van der Waals surface area contributed by atoms with Crippen LogP contribution in [0.4, 0.5) is 5.69 Å². The SMILES string of the molecule is COC(=O)C1(Oc2ncc(Br)cc2[N+](=O)[O-])CC1. The van der Waals surface area contributed by atoms with Gasteiger partial charge in [-0.15, -0.1) is 0 Å². The molecule has 1 saturated carbocycles. The lowest BCUT2D eigenvalue weighted by Gasteiger charge is -2.14. The van der Waals surface area contributed by atoms with Crippen LogP contribution < -0.4 is 4.74 Å². The Balaban J connectivity index is 2.30. The van der Waals surface area contributed by atoms with Crippen molar-refractivity contribution < 1.29 is 19.2 Å². The summed E-state index contributed by atoms with van der Waals surface area (Å²) in [6.07, 6.45) is 2.30. The minimum Gasteiger partial charge on any atom is -0.466 e. The smallest absolute Gasteiger partial charge is 0.350 e. The van der Waals surface area contributed by atoms with Gasteiger partial charge in [-0.25, -0.2) is 9.78 Å². The summed E-state index contributed by atoms with van der Waals surface area (Å²) in [5, 5.41) is 10.9. The molecule has 0 amide bonds. The lowest BCUT2D eigenvalue weighted by atomic mass is 10.3. The number of aromatic nitrogens is 1. The van der Waals surface area contributed by atoms with Gasteiger partial charge in [0.25, 0.3) is 5.88 Å². The van der Waals surface area contributed by atoms with Crippen LogP contribution in [-0.2, 0) is 9.53 Å². The van der Waals surface area contributed by atoms with Crippen LogP contribution in [0.25, 0.3) is 0 Å². The van der Waals surface area contributed by atoms with E-state index in [0.29, 0.717) is 17.3 Å². The quantitative estimate of drug-likeness (QED) is 0.478. The number of esters is 1. The molecule has 0 N–H and O–H groups in total. The van der Waals surface area contributed by atoms with E-state index in [2.05, 4.69) is 25.7 Å². The van der Waals surface area contributed by atoms with Crippen molar-refractivity contribution in [3.63, 3.8) is 0 Å². The zero-order chi connectivity index (χ0) is 13.3. The predicted molar refractivity (Wildman–Crippen MR) is 63.2 cm³/mol. The molecule has 0 aliphatic heterocycles. The van der Waals surface area contributed by atoms with Crippen LogP contribution in [0.1, 0.15) is 12.8 Å². The van der Waals surface area contributed by atoms with E-state index >= 15 is 0 Å². The molecule has 1 aliphatic rings. The molecule has 1 heterocycles. The summed E-state index contributed by atoms with van der Waals surface area (Å²) in [5.74, 6) is -0.715. The van der Waals surface area contributed by atoms with Crippen molar-refractivity contribution in [2.45, 2.75) is 18.4 Å². The first-order valence-electron chi connectivity index (χ1n) is 5.06. The van der Waals surface area contributed by atoms with E-state index in [9.17, 15) is 14.9 Å². The molecule has 0 aromatic carbocycles. The summed E-state index contributed by atoms with van der Waals surface area (Å²) in [6, 6.07) is 1.27. The molecule has 1 fully saturated rings. The van der Waals surface area contributed by atoms with E-state index in [4.69, 9.17) is 4.74 Å². The number of nitro groups is 1. The molecule has 0 radical (unpaired) electrons. The first kappa shape index (κ1) is 12.7. The molecule has 1 aliphatic carbocycles. The van der Waals surface area contributed by atoms with Gasteiger partial charge in [-0.1, -0.05) is 0 Å². The Morgan fingerprint density at radius 3 is 2.78 bits per heavy atom. The third-order valence-corrected chi connectivity index (χ3v) is 2.98. The van der Waals surface area contributed by atoms with Crippen LogP contribution in [0.15, 0.2) is 16.7 Å². The number of halogens is 1. The van der Waals surface area contributed by atoms with Crippen molar-refractivity contribution in [3.8, 4) is 5.88 Å². The van der Waals surface area contributed by atoms with E-state index in [0.717, 1.165) is 0 Å². The van der Waals surface area contributed by atoms with Gasteiger partial charge >= 0.3 is 11.7 Å². The Bertz CT molecular complexity index is 515. The maximum Gasteiger partial charge on any atom is 0.350 e. The average molecular weight is 317 g/mol. The molecule has 8 heteroatoms. The van der Waals surface area contributed by atoms with Crippen molar-refractivity contribution in [2.75, 3.05) is 7.11 Å². The number of nitrogens with zero attached hydrogens (tertiary/aromatic N) is 2. The van der Waals surface area contributed by atoms with Gasteiger partial charge in [0.1, 0.15) is 0 Å². The largest absolute Gasteiger partial charge is 0.466 e. The predicted octanol–water partition coefficient (Wildman–Crippen LogP) is 1.84. The van der Waals surface area contributed by atoms with E-state index < -0.39 is 16.5 Å². The third kappa shape index (κ3) is 2.28. The van der Waals surface area contributed by atoms with E-state index in [-0.39, 0.29) is 11.6 Å². The second-order valence-corrected chi connectivity index (χ2v) is 4.74. The molecule has 0 spiro atoms. The lowest BCUT2D eigenvalue weighted by molar-refractivity contribution is -0.386. The number of hydrogen-bond donors (Lipinski definition) is 0. The third-order valence-electron chi connectivity index (χ3n) is 2.55. The fraction of sp³-hybridized carbons (Fsp3) is 0.400. The molecule has 0 bridgehead atoms. The zero-order valence-corrected chi connectivity index (χ0v) is 11.0. The minimum atomic E-state index is -1.11. The maximum atomic E-state index is 11.5. The average Bonchev–Trinajstić information content (AvgIpc) is 3.11. The summed E-state index contributed by atoms with van der Waals surface area (Å²) in [7, 11) is 1.25. The van der Waals surface area contributed by atoms with Gasteiger partial charge < -0.3 is 9.47 Å². The highest BCUT2D eigenvalue weighted by Gasteiger charge is 2.55. The van der Waals surface area contributed by atoms with Crippen LogP contribution in [0.3, 0.4) is 0 Å².